The van der Waals surface area contributed by atoms with Crippen LogP contribution in [0.1, 0.15) is 10.4 Å². The molecule has 0 unspecified atom stereocenters. The summed E-state index contributed by atoms with van der Waals surface area (Å²) in [5.74, 6) is 0.826. The fourth-order valence-corrected chi connectivity index (χ4v) is 6.64. The highest BCUT2D eigenvalue weighted by Crippen LogP contribution is 2.31. The van der Waals surface area contributed by atoms with Crippen molar-refractivity contribution in [2.45, 2.75) is 14.7 Å². The number of Topliss-reactive ketones (excluding diaryl/α,β-unsaturated/α-hetero) is 1. The number of carbonyl (C=O) groups is 1. The number of ketones is 1. The molecule has 0 spiro atoms. The number of nitrogens with one attached hydrogen (secondary N) is 1. The van der Waals surface area contributed by atoms with Gasteiger partial charge in [-0.05, 0) is 66.7 Å². The Hall–Kier alpha value is -3.61. The third-order valence-corrected chi connectivity index (χ3v) is 8.57. The molecule has 6 heteroatoms. The average Bonchev–Trinajstić information content (AvgIpc) is 3.31. The van der Waals surface area contributed by atoms with E-state index in [1.165, 1.54) is 26.0 Å². The Bertz CT molecular complexity index is 1360. The molecule has 0 saturated heterocycles. The molecule has 168 valence electrons. The van der Waals surface area contributed by atoms with E-state index in [1.54, 1.807) is 7.11 Å². The summed E-state index contributed by atoms with van der Waals surface area (Å²) in [6.45, 7) is 0.194. The third kappa shape index (κ3) is 4.83. The largest absolute Gasteiger partial charge is 0.497 e. The van der Waals surface area contributed by atoms with Crippen LogP contribution in [0.2, 0.25) is 0 Å². The topological polar surface area (TPSA) is 51.2 Å². The molecule has 4 aromatic carbocycles. The van der Waals surface area contributed by atoms with Gasteiger partial charge in [0.25, 0.3) is 0 Å². The van der Waals surface area contributed by atoms with Crippen molar-refractivity contribution >= 4 is 43.4 Å². The van der Waals surface area contributed by atoms with Crippen LogP contribution >= 0.6 is 11.3 Å². The Balaban J connectivity index is 1.32. The van der Waals surface area contributed by atoms with Gasteiger partial charge in [-0.2, -0.15) is 0 Å². The number of thiazole rings is 1. The van der Waals surface area contributed by atoms with Crippen LogP contribution in [0.25, 0.3) is 10.2 Å². The van der Waals surface area contributed by atoms with Crippen molar-refractivity contribution in [3.05, 3.63) is 109 Å². The van der Waals surface area contributed by atoms with E-state index >= 15 is 0 Å². The highest BCUT2D eigenvalue weighted by molar-refractivity contribution is 7.97. The zero-order chi connectivity index (χ0) is 23.3. The smallest absolute Gasteiger partial charge is 0.184 e. The molecule has 4 nitrogen and oxygen atoms in total. The minimum Gasteiger partial charge on any atom is -0.497 e. The monoisotopic (exact) mass is 483 g/mol. The number of nitrogens with zero attached hydrogens (tertiary/aromatic N) is 1. The number of ether oxygens (including phenoxy) is 1. The van der Waals surface area contributed by atoms with E-state index in [0.717, 1.165) is 21.1 Å². The van der Waals surface area contributed by atoms with E-state index in [4.69, 9.17) is 4.74 Å². The lowest BCUT2D eigenvalue weighted by atomic mass is 10.1. The molecule has 34 heavy (non-hydrogen) atoms. The maximum Gasteiger partial charge on any atom is 0.184 e. The first-order valence-corrected chi connectivity index (χ1v) is 12.9. The van der Waals surface area contributed by atoms with E-state index in [2.05, 4.69) is 71.0 Å². The van der Waals surface area contributed by atoms with Gasteiger partial charge in [-0.3, -0.25) is 4.79 Å². The molecule has 0 aliphatic carbocycles. The lowest BCUT2D eigenvalue weighted by molar-refractivity contribution is 0.101. The Kier molecular flexibility index (Phi) is 6.60. The molecule has 0 aliphatic rings. The van der Waals surface area contributed by atoms with Gasteiger partial charge in [0.15, 0.2) is 25.6 Å². The van der Waals surface area contributed by atoms with E-state index < -0.39 is 0 Å². The summed E-state index contributed by atoms with van der Waals surface area (Å²) >= 11 is 1.51. The predicted molar refractivity (Wildman–Crippen MR) is 140 cm³/mol. The molecule has 0 amide bonds. The average molecular weight is 484 g/mol. The van der Waals surface area contributed by atoms with Crippen molar-refractivity contribution in [2.24, 2.45) is 0 Å². The summed E-state index contributed by atoms with van der Waals surface area (Å²) in [6.07, 6.45) is 0. The molecule has 0 bridgehead atoms. The van der Waals surface area contributed by atoms with Crippen molar-refractivity contribution in [1.82, 2.24) is 4.98 Å². The lowest BCUT2D eigenvalue weighted by Crippen LogP contribution is -2.14. The Morgan fingerprint density at radius 1 is 0.853 bits per heavy atom. The van der Waals surface area contributed by atoms with Gasteiger partial charge in [-0.25, -0.2) is 4.98 Å². The first-order chi connectivity index (χ1) is 16.7. The van der Waals surface area contributed by atoms with Gasteiger partial charge in [0.2, 0.25) is 0 Å². The molecule has 1 aromatic heterocycles. The highest BCUT2D eigenvalue weighted by atomic mass is 32.2. The van der Waals surface area contributed by atoms with Gasteiger partial charge >= 0.3 is 0 Å². The summed E-state index contributed by atoms with van der Waals surface area (Å²) in [6, 6.07) is 34.7. The lowest BCUT2D eigenvalue weighted by Gasteiger charge is -2.08. The number of carbonyl (C=O) groups excluding carboxylic acids is 1. The predicted octanol–water partition coefficient (Wildman–Crippen LogP) is 6.70. The van der Waals surface area contributed by atoms with Crippen molar-refractivity contribution in [1.29, 1.82) is 0 Å². The van der Waals surface area contributed by atoms with E-state index in [-0.39, 0.29) is 23.2 Å². The fourth-order valence-electron chi connectivity index (χ4n) is 3.66. The minimum atomic E-state index is -0.227. The maximum absolute atomic E-state index is 12.9. The summed E-state index contributed by atoms with van der Waals surface area (Å²) in [5.41, 5.74) is 1.57. The molecule has 5 rings (SSSR count). The second kappa shape index (κ2) is 10.1. The molecule has 0 atom stereocenters. The first kappa shape index (κ1) is 22.2. The standard InChI is InChI=1S/C28H23N2O2S2/c1-32-21-14-17-25-27(18-21)33-28(30-25)29-19-26(31)20-12-15-24(16-13-20)34(22-8-4-2-5-9-22)23-10-6-3-7-11-23/h2-18H,19H2,1H3,(H,29,30)/q+1. The van der Waals surface area contributed by atoms with Gasteiger partial charge < -0.3 is 10.1 Å². The van der Waals surface area contributed by atoms with Crippen LogP contribution < -0.4 is 10.1 Å². The number of hydrogen-bond acceptors (Lipinski definition) is 5. The number of aromatic nitrogens is 1. The summed E-state index contributed by atoms with van der Waals surface area (Å²) < 4.78 is 6.30. The molecule has 5 aromatic rings. The fraction of sp³-hybridized carbons (Fsp3) is 0.0714. The van der Waals surface area contributed by atoms with Crippen LogP contribution in [0, 0.1) is 0 Å². The molecule has 0 aliphatic heterocycles. The zero-order valence-electron chi connectivity index (χ0n) is 18.6. The van der Waals surface area contributed by atoms with Crippen LogP contribution in [-0.4, -0.2) is 24.4 Å². The number of hydrogen-bond donors (Lipinski definition) is 1. The highest BCUT2D eigenvalue weighted by Gasteiger charge is 2.28. The number of anilines is 1. The van der Waals surface area contributed by atoms with E-state index in [9.17, 15) is 4.79 Å². The maximum atomic E-state index is 12.9. The molecule has 1 heterocycles. The van der Waals surface area contributed by atoms with Gasteiger partial charge in [0.05, 0.1) is 34.8 Å². The minimum absolute atomic E-state index is 0.0303. The summed E-state index contributed by atoms with van der Waals surface area (Å²) in [4.78, 5) is 21.1. The van der Waals surface area contributed by atoms with Crippen molar-refractivity contribution in [3.8, 4) is 5.75 Å². The van der Waals surface area contributed by atoms with Crippen molar-refractivity contribution < 1.29 is 9.53 Å². The van der Waals surface area contributed by atoms with Gasteiger partial charge in [-0.1, -0.05) is 47.7 Å². The normalized spacial score (nSPS) is 11.0. The van der Waals surface area contributed by atoms with Crippen LogP contribution in [0.3, 0.4) is 0 Å². The number of benzene rings is 4. The van der Waals surface area contributed by atoms with Crippen LogP contribution in [0.15, 0.2) is 118 Å². The zero-order valence-corrected chi connectivity index (χ0v) is 20.2. The molecule has 0 saturated carbocycles. The van der Waals surface area contributed by atoms with Gasteiger partial charge in [0, 0.05) is 5.56 Å². The van der Waals surface area contributed by atoms with Crippen LogP contribution in [0.4, 0.5) is 5.13 Å². The summed E-state index contributed by atoms with van der Waals surface area (Å²) in [5, 5.41) is 3.90. The Labute approximate surface area is 205 Å². The molecule has 0 radical (unpaired) electrons. The number of rotatable bonds is 8. The van der Waals surface area contributed by atoms with E-state index in [1.807, 2.05) is 42.5 Å². The first-order valence-electron chi connectivity index (χ1n) is 10.9. The van der Waals surface area contributed by atoms with Crippen LogP contribution in [-0.2, 0) is 10.9 Å². The SMILES string of the molecule is COc1ccc2nc(NCC(=O)c3ccc([S+](c4ccccc4)c4ccccc4)cc3)sc2c1. The second-order valence-corrected chi connectivity index (χ2v) is 10.6. The van der Waals surface area contributed by atoms with Gasteiger partial charge in [0.1, 0.15) is 5.75 Å². The third-order valence-electron chi connectivity index (χ3n) is 5.37. The van der Waals surface area contributed by atoms with Crippen LogP contribution in [0.5, 0.6) is 5.75 Å². The quantitative estimate of drug-likeness (QED) is 0.197. The molecular weight excluding hydrogens is 460 g/mol. The molecular formula is C28H23N2O2S2+. The molecule has 1 N–H and O–H groups in total. The van der Waals surface area contributed by atoms with E-state index in [0.29, 0.717) is 5.56 Å². The van der Waals surface area contributed by atoms with Crippen molar-refractivity contribution in [2.75, 3.05) is 19.0 Å². The Morgan fingerprint density at radius 2 is 1.47 bits per heavy atom. The second-order valence-electron chi connectivity index (χ2n) is 7.59. The van der Waals surface area contributed by atoms with Crippen molar-refractivity contribution in [3.63, 3.8) is 0 Å². The summed E-state index contributed by atoms with van der Waals surface area (Å²) in [7, 11) is 1.42. The number of fused-ring (bicyclic) bond motifs is 1. The number of methoxy groups -OCH3 is 1. The molecule has 0 fully saturated rings. The Morgan fingerprint density at radius 3 is 2.09 bits per heavy atom. The van der Waals surface area contributed by atoms with Gasteiger partial charge in [-0.15, -0.1) is 0 Å².